The minimum absolute atomic E-state index is 0.0153. The first kappa shape index (κ1) is 16.9. The van der Waals surface area contributed by atoms with Crippen molar-refractivity contribution in [3.05, 3.63) is 0 Å². The third-order valence-electron chi connectivity index (χ3n) is 3.23. The molecule has 0 atom stereocenters. The molecule has 0 rings (SSSR count). The van der Waals surface area contributed by atoms with Gasteiger partial charge in [-0.1, -0.05) is 41.5 Å². The van der Waals surface area contributed by atoms with Crippen LogP contribution < -0.4 is 10.0 Å². The van der Waals surface area contributed by atoms with E-state index in [-0.39, 0.29) is 11.2 Å². The maximum Gasteiger partial charge on any atom is 0.212 e. The Morgan fingerprint density at radius 3 is 2.06 bits per heavy atom. The average Bonchev–Trinajstić information content (AvgIpc) is 2.14. The van der Waals surface area contributed by atoms with Crippen LogP contribution in [0, 0.1) is 11.3 Å². The summed E-state index contributed by atoms with van der Waals surface area (Å²) in [6.45, 7) is 13.4. The molecule has 0 saturated carbocycles. The van der Waals surface area contributed by atoms with Crippen LogP contribution in [0.1, 0.15) is 41.5 Å². The van der Waals surface area contributed by atoms with Gasteiger partial charge in [0.25, 0.3) is 0 Å². The van der Waals surface area contributed by atoms with Crippen molar-refractivity contribution in [1.82, 2.24) is 10.0 Å². The van der Waals surface area contributed by atoms with Crippen molar-refractivity contribution >= 4 is 10.0 Å². The molecule has 2 N–H and O–H groups in total. The summed E-state index contributed by atoms with van der Waals surface area (Å²) < 4.78 is 26.1. The van der Waals surface area contributed by atoms with Crippen molar-refractivity contribution in [1.29, 1.82) is 0 Å². The van der Waals surface area contributed by atoms with Gasteiger partial charge in [0.1, 0.15) is 0 Å². The van der Waals surface area contributed by atoms with Crippen LogP contribution in [0.5, 0.6) is 0 Å². The fourth-order valence-electron chi connectivity index (χ4n) is 1.05. The lowest BCUT2D eigenvalue weighted by atomic mass is 9.81. The molecule has 0 aromatic rings. The molecule has 0 aromatic carbocycles. The van der Waals surface area contributed by atoms with E-state index in [9.17, 15) is 8.42 Å². The van der Waals surface area contributed by atoms with E-state index in [1.807, 2.05) is 13.8 Å². The summed E-state index contributed by atoms with van der Waals surface area (Å²) in [6, 6.07) is 0.317. The first-order valence-corrected chi connectivity index (χ1v) is 7.93. The van der Waals surface area contributed by atoms with Crippen LogP contribution in [0.4, 0.5) is 0 Å². The zero-order valence-electron chi connectivity index (χ0n) is 12.0. The van der Waals surface area contributed by atoms with Gasteiger partial charge in [-0.05, 0) is 11.3 Å². The van der Waals surface area contributed by atoms with E-state index >= 15 is 0 Å². The predicted molar refractivity (Wildman–Crippen MR) is 73.5 cm³/mol. The predicted octanol–water partition coefficient (Wildman–Crippen LogP) is 1.59. The molecule has 0 aliphatic rings. The van der Waals surface area contributed by atoms with Crippen LogP contribution in [-0.2, 0) is 10.0 Å². The molecule has 0 radical (unpaired) electrons. The highest BCUT2D eigenvalue weighted by molar-refractivity contribution is 7.89. The van der Waals surface area contributed by atoms with Crippen molar-refractivity contribution in [3.63, 3.8) is 0 Å². The molecule has 0 spiro atoms. The highest BCUT2D eigenvalue weighted by atomic mass is 32.2. The smallest absolute Gasteiger partial charge is 0.212 e. The molecule has 4 nitrogen and oxygen atoms in total. The van der Waals surface area contributed by atoms with Crippen LogP contribution in [0.15, 0.2) is 0 Å². The fraction of sp³-hybridized carbons (Fsp3) is 1.00. The second kappa shape index (κ2) is 6.71. The van der Waals surface area contributed by atoms with E-state index in [0.717, 1.165) is 0 Å². The Morgan fingerprint density at radius 1 is 1.12 bits per heavy atom. The molecule has 0 amide bonds. The van der Waals surface area contributed by atoms with Gasteiger partial charge in [-0.15, -0.1) is 0 Å². The van der Waals surface area contributed by atoms with Gasteiger partial charge in [-0.2, -0.15) is 0 Å². The average molecular weight is 264 g/mol. The number of hydrogen-bond acceptors (Lipinski definition) is 3. The maximum absolute atomic E-state index is 11.7. The molecule has 0 aliphatic carbocycles. The Balaban J connectivity index is 4.11. The quantitative estimate of drug-likeness (QED) is 0.700. The molecule has 0 unspecified atom stereocenters. The molecule has 0 saturated heterocycles. The van der Waals surface area contributed by atoms with Gasteiger partial charge in [0, 0.05) is 19.1 Å². The van der Waals surface area contributed by atoms with Gasteiger partial charge in [0.2, 0.25) is 10.0 Å². The maximum atomic E-state index is 11.7. The van der Waals surface area contributed by atoms with Gasteiger partial charge in [-0.25, -0.2) is 13.1 Å². The summed E-state index contributed by atoms with van der Waals surface area (Å²) in [5, 5.41) is 3.10. The van der Waals surface area contributed by atoms with E-state index in [1.165, 1.54) is 0 Å². The molecule has 104 valence electrons. The summed E-state index contributed by atoms with van der Waals surface area (Å²) in [5.41, 5.74) is -0.0153. The second-order valence-corrected chi connectivity index (χ2v) is 7.82. The van der Waals surface area contributed by atoms with E-state index in [4.69, 9.17) is 0 Å². The Morgan fingerprint density at radius 2 is 1.65 bits per heavy atom. The summed E-state index contributed by atoms with van der Waals surface area (Å²) in [7, 11) is -3.16. The van der Waals surface area contributed by atoms with Crippen molar-refractivity contribution < 1.29 is 8.42 Å². The molecule has 0 fully saturated rings. The molecule has 0 aromatic heterocycles. The summed E-state index contributed by atoms with van der Waals surface area (Å²) in [6.07, 6.45) is 0. The molecule has 5 heteroatoms. The van der Waals surface area contributed by atoms with Crippen molar-refractivity contribution in [2.45, 2.75) is 47.6 Å². The van der Waals surface area contributed by atoms with Crippen LogP contribution in [0.25, 0.3) is 0 Å². The zero-order valence-corrected chi connectivity index (χ0v) is 12.8. The third kappa shape index (κ3) is 7.73. The molecular formula is C12H28N2O2S. The van der Waals surface area contributed by atoms with Crippen molar-refractivity contribution in [2.75, 3.05) is 18.8 Å². The van der Waals surface area contributed by atoms with E-state index < -0.39 is 10.0 Å². The SMILES string of the molecule is CC(C)NCCS(=O)(=O)NCC(C)(C)C(C)C. The van der Waals surface area contributed by atoms with Crippen LogP contribution in [0.3, 0.4) is 0 Å². The number of nitrogens with one attached hydrogen (secondary N) is 2. The standard InChI is InChI=1S/C12H28N2O2S/c1-10(2)12(5,6)9-14-17(15,16)8-7-13-11(3)4/h10-11,13-14H,7-9H2,1-6H3. The van der Waals surface area contributed by atoms with E-state index in [0.29, 0.717) is 25.0 Å². The van der Waals surface area contributed by atoms with Crippen LogP contribution in [-0.4, -0.2) is 33.3 Å². The monoisotopic (exact) mass is 264 g/mol. The van der Waals surface area contributed by atoms with Crippen molar-refractivity contribution in [2.24, 2.45) is 11.3 Å². The highest BCUT2D eigenvalue weighted by Gasteiger charge is 2.24. The summed E-state index contributed by atoms with van der Waals surface area (Å²) >= 11 is 0. The number of hydrogen-bond donors (Lipinski definition) is 2. The zero-order chi connectivity index (χ0) is 13.7. The van der Waals surface area contributed by atoms with Crippen LogP contribution in [0.2, 0.25) is 0 Å². The van der Waals surface area contributed by atoms with Gasteiger partial charge in [0.15, 0.2) is 0 Å². The third-order valence-corrected chi connectivity index (χ3v) is 4.56. The molecule has 17 heavy (non-hydrogen) atoms. The topological polar surface area (TPSA) is 58.2 Å². The summed E-state index contributed by atoms with van der Waals surface area (Å²) in [5.74, 6) is 0.582. The van der Waals surface area contributed by atoms with Gasteiger partial charge < -0.3 is 5.32 Å². The van der Waals surface area contributed by atoms with Crippen molar-refractivity contribution in [3.8, 4) is 0 Å². The minimum atomic E-state index is -3.16. The van der Waals surface area contributed by atoms with Gasteiger partial charge in [-0.3, -0.25) is 0 Å². The molecular weight excluding hydrogens is 236 g/mol. The lowest BCUT2D eigenvalue weighted by Gasteiger charge is -2.29. The second-order valence-electron chi connectivity index (χ2n) is 5.89. The van der Waals surface area contributed by atoms with Crippen LogP contribution >= 0.6 is 0 Å². The lowest BCUT2D eigenvalue weighted by molar-refractivity contribution is 0.252. The minimum Gasteiger partial charge on any atom is -0.313 e. The first-order valence-electron chi connectivity index (χ1n) is 6.27. The highest BCUT2D eigenvalue weighted by Crippen LogP contribution is 2.24. The Kier molecular flexibility index (Phi) is 6.66. The summed E-state index contributed by atoms with van der Waals surface area (Å²) in [4.78, 5) is 0. The Hall–Kier alpha value is -0.130. The van der Waals surface area contributed by atoms with E-state index in [1.54, 1.807) is 0 Å². The Bertz CT molecular complexity index is 308. The first-order chi connectivity index (χ1) is 7.57. The number of sulfonamides is 1. The van der Waals surface area contributed by atoms with Gasteiger partial charge >= 0.3 is 0 Å². The molecule has 0 aliphatic heterocycles. The Labute approximate surface area is 107 Å². The fourth-order valence-corrected chi connectivity index (χ4v) is 2.18. The van der Waals surface area contributed by atoms with Gasteiger partial charge in [0.05, 0.1) is 5.75 Å². The van der Waals surface area contributed by atoms with E-state index in [2.05, 4.69) is 37.7 Å². The normalized spacial score (nSPS) is 13.6. The molecule has 0 bridgehead atoms. The number of rotatable bonds is 8. The lowest BCUT2D eigenvalue weighted by Crippen LogP contribution is -2.40. The largest absolute Gasteiger partial charge is 0.313 e. The molecule has 0 heterocycles.